The van der Waals surface area contributed by atoms with E-state index in [1.807, 2.05) is 40.1 Å². The van der Waals surface area contributed by atoms with Crippen molar-refractivity contribution >= 4 is 11.8 Å². The van der Waals surface area contributed by atoms with Gasteiger partial charge in [0.25, 0.3) is 0 Å². The predicted molar refractivity (Wildman–Crippen MR) is 80.4 cm³/mol. The molecule has 0 amide bonds. The van der Waals surface area contributed by atoms with E-state index in [2.05, 4.69) is 15.4 Å². The van der Waals surface area contributed by atoms with Crippen molar-refractivity contribution in [2.75, 3.05) is 5.32 Å². The maximum atomic E-state index is 11.2. The van der Waals surface area contributed by atoms with Crippen LogP contribution in [0.1, 0.15) is 42.5 Å². The van der Waals surface area contributed by atoms with Crippen molar-refractivity contribution in [2.45, 2.75) is 32.7 Å². The first-order chi connectivity index (χ1) is 9.75. The van der Waals surface area contributed by atoms with E-state index < -0.39 is 5.97 Å². The van der Waals surface area contributed by atoms with Crippen LogP contribution >= 0.6 is 0 Å². The minimum Gasteiger partial charge on any atom is -0.478 e. The van der Waals surface area contributed by atoms with E-state index in [4.69, 9.17) is 0 Å². The third kappa shape index (κ3) is 3.81. The van der Waals surface area contributed by atoms with E-state index in [1.54, 1.807) is 16.8 Å². The van der Waals surface area contributed by atoms with Crippen LogP contribution < -0.4 is 5.32 Å². The van der Waals surface area contributed by atoms with E-state index in [1.165, 1.54) is 0 Å². The van der Waals surface area contributed by atoms with Gasteiger partial charge in [0.15, 0.2) is 0 Å². The fourth-order valence-corrected chi connectivity index (χ4v) is 1.87. The number of nitrogens with one attached hydrogen (secondary N) is 1. The minimum absolute atomic E-state index is 0.215. The number of carbonyl (C=O) groups is 1. The van der Waals surface area contributed by atoms with E-state index in [0.29, 0.717) is 12.4 Å². The standard InChI is InChI=1S/C15H20N4O2/c1-15(2,3)12-7-10(14(20)21)8-13(17-12)16-9-11-5-6-19(4)18-11/h5-8H,9H2,1-4H3,(H,16,17)(H,20,21). The van der Waals surface area contributed by atoms with Crippen LogP contribution in [-0.2, 0) is 19.0 Å². The van der Waals surface area contributed by atoms with Crippen LogP contribution in [0.25, 0.3) is 0 Å². The molecule has 0 spiro atoms. The van der Waals surface area contributed by atoms with Gasteiger partial charge in [-0.15, -0.1) is 0 Å². The lowest BCUT2D eigenvalue weighted by molar-refractivity contribution is 0.0696. The first-order valence-corrected chi connectivity index (χ1v) is 6.74. The highest BCUT2D eigenvalue weighted by molar-refractivity contribution is 5.88. The molecule has 2 rings (SSSR count). The Hall–Kier alpha value is -2.37. The highest BCUT2D eigenvalue weighted by atomic mass is 16.4. The molecule has 6 heteroatoms. The fraction of sp³-hybridized carbons (Fsp3) is 0.400. The predicted octanol–water partition coefficient (Wildman–Crippen LogP) is 2.42. The number of aromatic carboxylic acids is 1. The zero-order chi connectivity index (χ0) is 15.6. The van der Waals surface area contributed by atoms with E-state index in [0.717, 1.165) is 11.4 Å². The average Bonchev–Trinajstić information content (AvgIpc) is 2.81. The number of aryl methyl sites for hydroxylation is 1. The maximum absolute atomic E-state index is 11.2. The lowest BCUT2D eigenvalue weighted by atomic mass is 9.91. The molecule has 2 heterocycles. The lowest BCUT2D eigenvalue weighted by Crippen LogP contribution is -2.16. The fourth-order valence-electron chi connectivity index (χ4n) is 1.87. The molecule has 0 aromatic carbocycles. The van der Waals surface area contributed by atoms with Crippen LogP contribution in [0.15, 0.2) is 24.4 Å². The summed E-state index contributed by atoms with van der Waals surface area (Å²) in [4.78, 5) is 15.7. The van der Waals surface area contributed by atoms with Gasteiger partial charge in [-0.3, -0.25) is 4.68 Å². The number of nitrogens with zero attached hydrogens (tertiary/aromatic N) is 3. The number of carboxylic acids is 1. The van der Waals surface area contributed by atoms with Crippen molar-refractivity contribution in [3.05, 3.63) is 41.3 Å². The van der Waals surface area contributed by atoms with Crippen LogP contribution in [0, 0.1) is 0 Å². The summed E-state index contributed by atoms with van der Waals surface area (Å²) < 4.78 is 1.72. The third-order valence-corrected chi connectivity index (χ3v) is 3.06. The molecule has 2 N–H and O–H groups in total. The molecule has 0 aliphatic rings. The second-order valence-corrected chi connectivity index (χ2v) is 6.02. The van der Waals surface area contributed by atoms with Gasteiger partial charge in [0, 0.05) is 24.4 Å². The number of rotatable bonds is 4. The van der Waals surface area contributed by atoms with Gasteiger partial charge < -0.3 is 10.4 Å². The summed E-state index contributed by atoms with van der Waals surface area (Å²) in [5.74, 6) is -0.408. The Bertz CT molecular complexity index is 656. The van der Waals surface area contributed by atoms with Crippen LogP contribution in [0.5, 0.6) is 0 Å². The van der Waals surface area contributed by atoms with Crippen LogP contribution in [0.2, 0.25) is 0 Å². The molecule has 2 aromatic heterocycles. The minimum atomic E-state index is -0.955. The van der Waals surface area contributed by atoms with Gasteiger partial charge in [0.05, 0.1) is 17.8 Å². The molecule has 0 aliphatic carbocycles. The zero-order valence-corrected chi connectivity index (χ0v) is 12.7. The van der Waals surface area contributed by atoms with Gasteiger partial charge in [0.1, 0.15) is 5.82 Å². The van der Waals surface area contributed by atoms with Crippen molar-refractivity contribution in [1.29, 1.82) is 0 Å². The van der Waals surface area contributed by atoms with Gasteiger partial charge in [-0.25, -0.2) is 9.78 Å². The number of carboxylic acid groups (broad SMARTS) is 1. The van der Waals surface area contributed by atoms with Crippen molar-refractivity contribution in [2.24, 2.45) is 7.05 Å². The number of anilines is 1. The second kappa shape index (κ2) is 5.55. The van der Waals surface area contributed by atoms with Crippen LogP contribution in [0.4, 0.5) is 5.82 Å². The third-order valence-electron chi connectivity index (χ3n) is 3.06. The first-order valence-electron chi connectivity index (χ1n) is 6.74. The molecule has 6 nitrogen and oxygen atoms in total. The molecular formula is C15H20N4O2. The summed E-state index contributed by atoms with van der Waals surface area (Å²) in [5.41, 5.74) is 1.63. The first kappa shape index (κ1) is 15.0. The topological polar surface area (TPSA) is 80.0 Å². The van der Waals surface area contributed by atoms with Gasteiger partial charge in [-0.05, 0) is 18.2 Å². The molecule has 112 valence electrons. The molecule has 0 fully saturated rings. The van der Waals surface area contributed by atoms with Crippen LogP contribution in [-0.4, -0.2) is 25.8 Å². The molecule has 0 atom stereocenters. The molecule has 0 saturated heterocycles. The summed E-state index contributed by atoms with van der Waals surface area (Å²) in [6, 6.07) is 5.06. The summed E-state index contributed by atoms with van der Waals surface area (Å²) >= 11 is 0. The molecular weight excluding hydrogens is 268 g/mol. The smallest absolute Gasteiger partial charge is 0.335 e. The van der Waals surface area contributed by atoms with E-state index in [-0.39, 0.29) is 11.0 Å². The van der Waals surface area contributed by atoms with Gasteiger partial charge in [0.2, 0.25) is 0 Å². The summed E-state index contributed by atoms with van der Waals surface area (Å²) in [7, 11) is 1.85. The molecule has 21 heavy (non-hydrogen) atoms. The Morgan fingerprint density at radius 3 is 2.62 bits per heavy atom. The summed E-state index contributed by atoms with van der Waals surface area (Å²) in [6.07, 6.45) is 1.86. The SMILES string of the molecule is Cn1ccc(CNc2cc(C(=O)O)cc(C(C)(C)C)n2)n1. The maximum Gasteiger partial charge on any atom is 0.335 e. The van der Waals surface area contributed by atoms with Crippen molar-refractivity contribution in [3.63, 3.8) is 0 Å². The Morgan fingerprint density at radius 1 is 1.38 bits per heavy atom. The Morgan fingerprint density at radius 2 is 2.10 bits per heavy atom. The number of aromatic nitrogens is 3. The van der Waals surface area contributed by atoms with E-state index >= 15 is 0 Å². The van der Waals surface area contributed by atoms with Gasteiger partial charge in [-0.1, -0.05) is 20.8 Å². The Labute approximate surface area is 123 Å². The van der Waals surface area contributed by atoms with Crippen LogP contribution in [0.3, 0.4) is 0 Å². The van der Waals surface area contributed by atoms with E-state index in [9.17, 15) is 9.90 Å². The molecule has 0 radical (unpaired) electrons. The highest BCUT2D eigenvalue weighted by Gasteiger charge is 2.19. The lowest BCUT2D eigenvalue weighted by Gasteiger charge is -2.19. The van der Waals surface area contributed by atoms with Crippen molar-refractivity contribution in [3.8, 4) is 0 Å². The largest absolute Gasteiger partial charge is 0.478 e. The normalized spacial score (nSPS) is 11.4. The summed E-state index contributed by atoms with van der Waals surface area (Å²) in [5, 5.41) is 16.6. The Balaban J connectivity index is 2.25. The molecule has 0 saturated carbocycles. The monoisotopic (exact) mass is 288 g/mol. The number of hydrogen-bond donors (Lipinski definition) is 2. The molecule has 0 aliphatic heterocycles. The Kier molecular flexibility index (Phi) is 3.97. The molecule has 2 aromatic rings. The molecule has 0 bridgehead atoms. The van der Waals surface area contributed by atoms with Crippen molar-refractivity contribution in [1.82, 2.24) is 14.8 Å². The highest BCUT2D eigenvalue weighted by Crippen LogP contribution is 2.23. The second-order valence-electron chi connectivity index (χ2n) is 6.02. The van der Waals surface area contributed by atoms with Gasteiger partial charge >= 0.3 is 5.97 Å². The van der Waals surface area contributed by atoms with Gasteiger partial charge in [-0.2, -0.15) is 5.10 Å². The van der Waals surface area contributed by atoms with Crippen molar-refractivity contribution < 1.29 is 9.90 Å². The number of hydrogen-bond acceptors (Lipinski definition) is 4. The molecule has 0 unspecified atom stereocenters. The quantitative estimate of drug-likeness (QED) is 0.903. The summed E-state index contributed by atoms with van der Waals surface area (Å²) in [6.45, 7) is 6.51. The number of pyridine rings is 1. The average molecular weight is 288 g/mol. The zero-order valence-electron chi connectivity index (χ0n) is 12.7.